The summed E-state index contributed by atoms with van der Waals surface area (Å²) in [6.45, 7) is 10.1. The van der Waals surface area contributed by atoms with Crippen LogP contribution >= 0.6 is 0 Å². The second-order valence-corrected chi connectivity index (χ2v) is 2.29. The molecule has 0 spiro atoms. The summed E-state index contributed by atoms with van der Waals surface area (Å²) in [5, 5.41) is 0. The third-order valence-corrected chi connectivity index (χ3v) is 1.22. The Labute approximate surface area is 62.9 Å². The van der Waals surface area contributed by atoms with Crippen molar-refractivity contribution in [2.75, 3.05) is 6.54 Å². The van der Waals surface area contributed by atoms with Gasteiger partial charge >= 0.3 is 0 Å². The molecule has 0 unspecified atom stereocenters. The fraction of sp³-hybridized carbons (Fsp3) is 0.333. The van der Waals surface area contributed by atoms with Crippen LogP contribution in [0.25, 0.3) is 0 Å². The topological polar surface area (TPSA) is 26.0 Å². The molecule has 0 heterocycles. The second-order valence-electron chi connectivity index (χ2n) is 2.29. The highest BCUT2D eigenvalue weighted by molar-refractivity contribution is 5.25. The average Bonchev–Trinajstić information content (AvgIpc) is 1.88. The van der Waals surface area contributed by atoms with Crippen molar-refractivity contribution in [1.82, 2.24) is 0 Å². The van der Waals surface area contributed by atoms with Gasteiger partial charge in [0.1, 0.15) is 0 Å². The molecule has 0 atom stereocenters. The molecular weight excluding hydrogens is 122 g/mol. The standard InChI is InChI=1S/C9H15N/c1-4-8(2)7-9(3)5-6-10/h4,7H,1,3,5-6,10H2,2H3/b8-7-. The number of allylic oxidation sites excluding steroid dienone is 3. The van der Waals surface area contributed by atoms with Gasteiger partial charge in [0.15, 0.2) is 0 Å². The van der Waals surface area contributed by atoms with Crippen molar-refractivity contribution in [1.29, 1.82) is 0 Å². The first-order chi connectivity index (χ1) is 4.70. The molecule has 0 fully saturated rings. The quantitative estimate of drug-likeness (QED) is 0.589. The zero-order valence-corrected chi connectivity index (χ0v) is 6.56. The Morgan fingerprint density at radius 2 is 2.20 bits per heavy atom. The van der Waals surface area contributed by atoms with Crippen LogP contribution in [-0.4, -0.2) is 6.54 Å². The number of hydrogen-bond acceptors (Lipinski definition) is 1. The van der Waals surface area contributed by atoms with Crippen molar-refractivity contribution in [3.8, 4) is 0 Å². The lowest BCUT2D eigenvalue weighted by atomic mass is 10.1. The van der Waals surface area contributed by atoms with Crippen LogP contribution in [-0.2, 0) is 0 Å². The fourth-order valence-electron chi connectivity index (χ4n) is 0.638. The van der Waals surface area contributed by atoms with E-state index in [1.54, 1.807) is 0 Å². The van der Waals surface area contributed by atoms with Crippen LogP contribution in [0.2, 0.25) is 0 Å². The summed E-state index contributed by atoms with van der Waals surface area (Å²) in [5.41, 5.74) is 7.54. The van der Waals surface area contributed by atoms with Crippen molar-refractivity contribution < 1.29 is 0 Å². The first-order valence-electron chi connectivity index (χ1n) is 3.39. The van der Waals surface area contributed by atoms with Gasteiger partial charge in [-0.3, -0.25) is 0 Å². The van der Waals surface area contributed by atoms with Crippen LogP contribution in [0, 0.1) is 0 Å². The molecule has 0 saturated heterocycles. The van der Waals surface area contributed by atoms with Gasteiger partial charge in [-0.1, -0.05) is 36.5 Å². The summed E-state index contributed by atoms with van der Waals surface area (Å²) in [7, 11) is 0. The minimum atomic E-state index is 0.666. The van der Waals surface area contributed by atoms with Gasteiger partial charge in [0, 0.05) is 0 Å². The van der Waals surface area contributed by atoms with Crippen LogP contribution in [0.3, 0.4) is 0 Å². The van der Waals surface area contributed by atoms with Crippen molar-refractivity contribution >= 4 is 0 Å². The van der Waals surface area contributed by atoms with E-state index in [0.717, 1.165) is 17.6 Å². The fourth-order valence-corrected chi connectivity index (χ4v) is 0.638. The molecule has 0 aliphatic rings. The minimum absolute atomic E-state index is 0.666. The van der Waals surface area contributed by atoms with Crippen molar-refractivity contribution in [2.24, 2.45) is 5.73 Å². The summed E-state index contributed by atoms with van der Waals surface area (Å²) in [6, 6.07) is 0. The lowest BCUT2D eigenvalue weighted by Gasteiger charge is -1.96. The molecule has 0 aliphatic heterocycles. The summed E-state index contributed by atoms with van der Waals surface area (Å²) in [5.74, 6) is 0. The third-order valence-electron chi connectivity index (χ3n) is 1.22. The second kappa shape index (κ2) is 5.00. The van der Waals surface area contributed by atoms with Crippen LogP contribution in [0.1, 0.15) is 13.3 Å². The first kappa shape index (κ1) is 9.18. The Hall–Kier alpha value is -0.820. The van der Waals surface area contributed by atoms with E-state index < -0.39 is 0 Å². The maximum atomic E-state index is 5.33. The number of nitrogens with two attached hydrogens (primary N) is 1. The predicted octanol–water partition coefficient (Wildman–Crippen LogP) is 2.02. The van der Waals surface area contributed by atoms with E-state index in [2.05, 4.69) is 13.2 Å². The summed E-state index contributed by atoms with van der Waals surface area (Å²) >= 11 is 0. The number of rotatable bonds is 4. The summed E-state index contributed by atoms with van der Waals surface area (Å²) in [6.07, 6.45) is 4.67. The predicted molar refractivity (Wildman–Crippen MR) is 46.8 cm³/mol. The molecule has 0 aromatic carbocycles. The Morgan fingerprint density at radius 1 is 1.60 bits per heavy atom. The van der Waals surface area contributed by atoms with Crippen molar-refractivity contribution in [2.45, 2.75) is 13.3 Å². The van der Waals surface area contributed by atoms with Crippen molar-refractivity contribution in [3.63, 3.8) is 0 Å². The SMILES string of the molecule is C=C/C(C)=C\C(=C)CCN. The molecule has 0 aromatic rings. The molecule has 1 heteroatoms. The Morgan fingerprint density at radius 3 is 2.60 bits per heavy atom. The van der Waals surface area contributed by atoms with E-state index in [1.165, 1.54) is 0 Å². The molecule has 0 bridgehead atoms. The maximum absolute atomic E-state index is 5.33. The van der Waals surface area contributed by atoms with Gasteiger partial charge in [-0.25, -0.2) is 0 Å². The van der Waals surface area contributed by atoms with Crippen molar-refractivity contribution in [3.05, 3.63) is 36.5 Å². The van der Waals surface area contributed by atoms with Gasteiger partial charge in [0.25, 0.3) is 0 Å². The monoisotopic (exact) mass is 137 g/mol. The highest BCUT2D eigenvalue weighted by Crippen LogP contribution is 2.03. The van der Waals surface area contributed by atoms with Gasteiger partial charge in [-0.2, -0.15) is 0 Å². The Bertz CT molecular complexity index is 154. The molecule has 2 N–H and O–H groups in total. The molecule has 0 rings (SSSR count). The Kier molecular flexibility index (Phi) is 4.59. The van der Waals surface area contributed by atoms with Gasteiger partial charge < -0.3 is 5.73 Å². The van der Waals surface area contributed by atoms with E-state index in [-0.39, 0.29) is 0 Å². The molecule has 0 amide bonds. The third kappa shape index (κ3) is 4.10. The maximum Gasteiger partial charge on any atom is -0.00369 e. The van der Waals surface area contributed by atoms with E-state index in [1.807, 2.05) is 19.1 Å². The van der Waals surface area contributed by atoms with Crippen LogP contribution in [0.15, 0.2) is 36.5 Å². The van der Waals surface area contributed by atoms with Gasteiger partial charge in [-0.05, 0) is 19.9 Å². The molecule has 1 nitrogen and oxygen atoms in total. The highest BCUT2D eigenvalue weighted by atomic mass is 14.5. The lowest BCUT2D eigenvalue weighted by molar-refractivity contribution is 0.975. The van der Waals surface area contributed by atoms with Gasteiger partial charge in [0.05, 0.1) is 0 Å². The minimum Gasteiger partial charge on any atom is -0.330 e. The molecular formula is C9H15N. The van der Waals surface area contributed by atoms with Crippen LogP contribution in [0.4, 0.5) is 0 Å². The van der Waals surface area contributed by atoms with E-state index in [0.29, 0.717) is 6.54 Å². The average molecular weight is 137 g/mol. The normalized spacial score (nSPS) is 11.2. The molecule has 0 radical (unpaired) electrons. The summed E-state index contributed by atoms with van der Waals surface area (Å²) < 4.78 is 0. The molecule has 56 valence electrons. The van der Waals surface area contributed by atoms with Gasteiger partial charge in [0.2, 0.25) is 0 Å². The Balaban J connectivity index is 3.86. The van der Waals surface area contributed by atoms with Crippen LogP contribution < -0.4 is 5.73 Å². The number of hydrogen-bond donors (Lipinski definition) is 1. The molecule has 10 heavy (non-hydrogen) atoms. The van der Waals surface area contributed by atoms with E-state index in [4.69, 9.17) is 5.73 Å². The molecule has 0 saturated carbocycles. The zero-order chi connectivity index (χ0) is 7.98. The van der Waals surface area contributed by atoms with Crippen LogP contribution in [0.5, 0.6) is 0 Å². The first-order valence-corrected chi connectivity index (χ1v) is 3.39. The van der Waals surface area contributed by atoms with E-state index >= 15 is 0 Å². The summed E-state index contributed by atoms with van der Waals surface area (Å²) in [4.78, 5) is 0. The molecule has 0 aliphatic carbocycles. The van der Waals surface area contributed by atoms with E-state index in [9.17, 15) is 0 Å². The smallest absolute Gasteiger partial charge is 0.00369 e. The lowest BCUT2D eigenvalue weighted by Crippen LogP contribution is -1.98. The highest BCUT2D eigenvalue weighted by Gasteiger charge is 1.86. The molecule has 0 aromatic heterocycles. The largest absolute Gasteiger partial charge is 0.330 e. The van der Waals surface area contributed by atoms with Gasteiger partial charge in [-0.15, -0.1) is 0 Å². The zero-order valence-electron chi connectivity index (χ0n) is 6.56.